The fourth-order valence-corrected chi connectivity index (χ4v) is 3.98. The maximum atomic E-state index is 12.1. The Morgan fingerprint density at radius 3 is 2.74 bits per heavy atom. The molecule has 4 nitrogen and oxygen atoms in total. The highest BCUT2D eigenvalue weighted by molar-refractivity contribution is 9.10. The van der Waals surface area contributed by atoms with Gasteiger partial charge in [-0.05, 0) is 59.3 Å². The van der Waals surface area contributed by atoms with Gasteiger partial charge >= 0.3 is 0 Å². The molecular weight excluding hydrogens is 354 g/mol. The predicted octanol–water partition coefficient (Wildman–Crippen LogP) is 2.54. The van der Waals surface area contributed by atoms with Crippen LogP contribution in [-0.4, -0.2) is 26.2 Å². The van der Waals surface area contributed by atoms with Crippen LogP contribution in [-0.2, 0) is 10.0 Å². The van der Waals surface area contributed by atoms with Gasteiger partial charge in [0.25, 0.3) is 0 Å². The number of sulfonamides is 1. The summed E-state index contributed by atoms with van der Waals surface area (Å²) in [6, 6.07) is 4.49. The molecule has 1 fully saturated rings. The molecular formula is C12H15BrClNO3S. The fourth-order valence-electron chi connectivity index (χ4n) is 2.19. The Labute approximate surface area is 126 Å². The smallest absolute Gasteiger partial charge is 0.240 e. The lowest BCUT2D eigenvalue weighted by atomic mass is 10.1. The quantitative estimate of drug-likeness (QED) is 0.858. The molecule has 0 heterocycles. The van der Waals surface area contributed by atoms with Crippen LogP contribution in [0.4, 0.5) is 0 Å². The van der Waals surface area contributed by atoms with Crippen LogP contribution < -0.4 is 4.72 Å². The lowest BCUT2D eigenvalue weighted by molar-refractivity contribution is 0.178. The molecule has 0 radical (unpaired) electrons. The number of benzene rings is 1. The Hall–Kier alpha value is -0.140. The molecule has 0 aromatic heterocycles. The van der Waals surface area contributed by atoms with Gasteiger partial charge in [-0.3, -0.25) is 0 Å². The zero-order valence-corrected chi connectivity index (χ0v) is 13.3. The summed E-state index contributed by atoms with van der Waals surface area (Å²) in [4.78, 5) is 0.183. The highest BCUT2D eigenvalue weighted by atomic mass is 79.9. The van der Waals surface area contributed by atoms with Crippen LogP contribution in [0.15, 0.2) is 27.6 Å². The number of rotatable bonds is 4. The lowest BCUT2D eigenvalue weighted by Crippen LogP contribution is -2.28. The lowest BCUT2D eigenvalue weighted by Gasteiger charge is -2.12. The summed E-state index contributed by atoms with van der Waals surface area (Å²) in [5.41, 5.74) is 0. The van der Waals surface area contributed by atoms with Gasteiger partial charge in [-0.15, -0.1) is 0 Å². The van der Waals surface area contributed by atoms with Crippen LogP contribution in [0.1, 0.15) is 19.3 Å². The van der Waals surface area contributed by atoms with Crippen molar-refractivity contribution in [1.29, 1.82) is 0 Å². The van der Waals surface area contributed by atoms with E-state index in [1.54, 1.807) is 6.07 Å². The first-order chi connectivity index (χ1) is 8.88. The normalized spacial score (nSPS) is 23.7. The zero-order valence-electron chi connectivity index (χ0n) is 10.1. The average molecular weight is 369 g/mol. The summed E-state index contributed by atoms with van der Waals surface area (Å²) in [5, 5.41) is 9.89. The Morgan fingerprint density at radius 1 is 1.42 bits per heavy atom. The van der Waals surface area contributed by atoms with E-state index in [0.717, 1.165) is 12.8 Å². The van der Waals surface area contributed by atoms with Gasteiger partial charge in [-0.1, -0.05) is 11.6 Å². The molecule has 2 rings (SSSR count). The minimum atomic E-state index is -3.52. The Morgan fingerprint density at radius 2 is 2.16 bits per heavy atom. The van der Waals surface area contributed by atoms with E-state index in [1.807, 2.05) is 0 Å². The van der Waals surface area contributed by atoms with Gasteiger partial charge in [0.15, 0.2) is 0 Å². The number of nitrogens with one attached hydrogen (secondary N) is 1. The first-order valence-corrected chi connectivity index (χ1v) is 8.66. The van der Waals surface area contributed by atoms with Crippen LogP contribution in [0, 0.1) is 5.92 Å². The number of aliphatic hydroxyl groups is 1. The van der Waals surface area contributed by atoms with Gasteiger partial charge in [-0.25, -0.2) is 13.1 Å². The first-order valence-electron chi connectivity index (χ1n) is 6.01. The summed E-state index contributed by atoms with van der Waals surface area (Å²) in [7, 11) is -3.52. The van der Waals surface area contributed by atoms with E-state index in [9.17, 15) is 13.5 Å². The van der Waals surface area contributed by atoms with Crippen molar-refractivity contribution in [1.82, 2.24) is 4.72 Å². The second-order valence-corrected chi connectivity index (χ2v) is 7.79. The predicted molar refractivity (Wildman–Crippen MR) is 77.7 cm³/mol. The molecule has 1 aliphatic rings. The second-order valence-electron chi connectivity index (χ2n) is 4.76. The van der Waals surface area contributed by atoms with Gasteiger partial charge in [0.05, 0.1) is 16.0 Å². The number of hydrogen-bond donors (Lipinski definition) is 2. The van der Waals surface area contributed by atoms with Crippen molar-refractivity contribution >= 4 is 37.6 Å². The molecule has 1 saturated carbocycles. The molecule has 2 N–H and O–H groups in total. The van der Waals surface area contributed by atoms with Crippen molar-refractivity contribution in [2.45, 2.75) is 30.3 Å². The maximum absolute atomic E-state index is 12.1. The van der Waals surface area contributed by atoms with Crippen molar-refractivity contribution in [3.8, 4) is 0 Å². The van der Waals surface area contributed by atoms with E-state index >= 15 is 0 Å². The van der Waals surface area contributed by atoms with Crippen molar-refractivity contribution in [2.75, 3.05) is 6.54 Å². The minimum Gasteiger partial charge on any atom is -0.393 e. The third-order valence-electron chi connectivity index (χ3n) is 3.28. The Kier molecular flexibility index (Phi) is 4.89. The largest absolute Gasteiger partial charge is 0.393 e. The number of hydrogen-bond acceptors (Lipinski definition) is 3. The van der Waals surface area contributed by atoms with Crippen LogP contribution >= 0.6 is 27.5 Å². The molecule has 0 saturated heterocycles. The topological polar surface area (TPSA) is 66.4 Å². The van der Waals surface area contributed by atoms with Gasteiger partial charge in [0, 0.05) is 11.0 Å². The van der Waals surface area contributed by atoms with E-state index in [4.69, 9.17) is 11.6 Å². The molecule has 0 spiro atoms. The van der Waals surface area contributed by atoms with Crippen LogP contribution in [0.2, 0.25) is 5.02 Å². The minimum absolute atomic E-state index is 0.183. The van der Waals surface area contributed by atoms with Crippen LogP contribution in [0.3, 0.4) is 0 Å². The molecule has 0 bridgehead atoms. The van der Waals surface area contributed by atoms with Crippen molar-refractivity contribution in [2.24, 2.45) is 5.92 Å². The van der Waals surface area contributed by atoms with Crippen LogP contribution in [0.25, 0.3) is 0 Å². The molecule has 2 atom stereocenters. The molecule has 0 amide bonds. The fraction of sp³-hybridized carbons (Fsp3) is 0.500. The standard InChI is InChI=1S/C12H15BrClNO3S/c13-11-6-10(3-4-12(11)14)19(17,18)15-7-8-1-2-9(16)5-8/h3-4,6,8-9,15-16H,1-2,5,7H2. The summed E-state index contributed by atoms with van der Waals surface area (Å²) < 4.78 is 27.3. The summed E-state index contributed by atoms with van der Waals surface area (Å²) in [6.07, 6.45) is 1.97. The highest BCUT2D eigenvalue weighted by Crippen LogP contribution is 2.27. The highest BCUT2D eigenvalue weighted by Gasteiger charge is 2.24. The molecule has 0 aliphatic heterocycles. The van der Waals surface area contributed by atoms with E-state index in [1.165, 1.54) is 12.1 Å². The van der Waals surface area contributed by atoms with Gasteiger partial charge in [0.1, 0.15) is 0 Å². The van der Waals surface area contributed by atoms with E-state index < -0.39 is 10.0 Å². The average Bonchev–Trinajstić information content (AvgIpc) is 2.76. The molecule has 2 unspecified atom stereocenters. The molecule has 7 heteroatoms. The summed E-state index contributed by atoms with van der Waals surface area (Å²) in [5.74, 6) is 0.209. The zero-order chi connectivity index (χ0) is 14.0. The number of halogens is 2. The van der Waals surface area contributed by atoms with E-state index in [2.05, 4.69) is 20.7 Å². The van der Waals surface area contributed by atoms with E-state index in [0.29, 0.717) is 22.5 Å². The van der Waals surface area contributed by atoms with Crippen molar-refractivity contribution in [3.63, 3.8) is 0 Å². The van der Waals surface area contributed by atoms with Gasteiger partial charge < -0.3 is 5.11 Å². The molecule has 1 aromatic carbocycles. The second kappa shape index (κ2) is 6.10. The first kappa shape index (κ1) is 15.3. The Balaban J connectivity index is 2.03. The molecule has 1 aliphatic carbocycles. The summed E-state index contributed by atoms with van der Waals surface area (Å²) in [6.45, 7) is 0.361. The third kappa shape index (κ3) is 3.92. The van der Waals surface area contributed by atoms with Crippen LogP contribution in [0.5, 0.6) is 0 Å². The maximum Gasteiger partial charge on any atom is 0.240 e. The van der Waals surface area contributed by atoms with Gasteiger partial charge in [-0.2, -0.15) is 0 Å². The molecule has 19 heavy (non-hydrogen) atoms. The van der Waals surface area contributed by atoms with Crippen molar-refractivity contribution in [3.05, 3.63) is 27.7 Å². The summed E-state index contributed by atoms with van der Waals surface area (Å²) >= 11 is 9.04. The van der Waals surface area contributed by atoms with Gasteiger partial charge in [0.2, 0.25) is 10.0 Å². The molecule has 1 aromatic rings. The monoisotopic (exact) mass is 367 g/mol. The van der Waals surface area contributed by atoms with E-state index in [-0.39, 0.29) is 16.9 Å². The Bertz CT molecular complexity index is 564. The molecule has 106 valence electrons. The SMILES string of the molecule is O=S(=O)(NCC1CCC(O)C1)c1ccc(Cl)c(Br)c1. The van der Waals surface area contributed by atoms with Crippen molar-refractivity contribution < 1.29 is 13.5 Å². The number of aliphatic hydroxyl groups excluding tert-OH is 1. The third-order valence-corrected chi connectivity index (χ3v) is 5.91.